The third-order valence-corrected chi connectivity index (χ3v) is 3.52. The molecule has 1 fully saturated rings. The molecule has 5 heteroatoms. The van der Waals surface area contributed by atoms with Crippen LogP contribution in [-0.4, -0.2) is 24.7 Å². The molecule has 0 aromatic heterocycles. The molecule has 1 amide bonds. The number of amides is 1. The van der Waals surface area contributed by atoms with Gasteiger partial charge in [-0.25, -0.2) is 4.39 Å². The van der Waals surface area contributed by atoms with Crippen LogP contribution in [0.5, 0.6) is 0 Å². The maximum absolute atomic E-state index is 12.7. The van der Waals surface area contributed by atoms with Gasteiger partial charge in [0.2, 0.25) is 5.91 Å². The number of carbonyl (C=O) groups is 1. The van der Waals surface area contributed by atoms with Crippen LogP contribution < -0.4 is 11.1 Å². The second kappa shape index (κ2) is 6.12. The van der Waals surface area contributed by atoms with E-state index in [0.29, 0.717) is 12.2 Å². The first kappa shape index (κ1) is 14.0. The quantitative estimate of drug-likeness (QED) is 0.857. The van der Waals surface area contributed by atoms with Crippen molar-refractivity contribution in [3.63, 3.8) is 0 Å². The minimum Gasteiger partial charge on any atom is -0.364 e. The second-order valence-corrected chi connectivity index (χ2v) is 4.94. The first-order chi connectivity index (χ1) is 9.13. The molecule has 2 rings (SSSR count). The van der Waals surface area contributed by atoms with Crippen LogP contribution in [0.3, 0.4) is 0 Å². The molecule has 0 aliphatic heterocycles. The lowest BCUT2D eigenvalue weighted by Crippen LogP contribution is -2.40. The summed E-state index contributed by atoms with van der Waals surface area (Å²) in [5.74, 6) is -0.575. The van der Waals surface area contributed by atoms with Gasteiger partial charge >= 0.3 is 0 Å². The van der Waals surface area contributed by atoms with E-state index in [1.54, 1.807) is 0 Å². The molecule has 0 spiro atoms. The number of ether oxygens (including phenoxy) is 1. The topological polar surface area (TPSA) is 64.3 Å². The Bertz CT molecular complexity index is 428. The maximum Gasteiger partial charge on any atom is 0.250 e. The van der Waals surface area contributed by atoms with Crippen molar-refractivity contribution in [3.05, 3.63) is 30.1 Å². The van der Waals surface area contributed by atoms with Crippen molar-refractivity contribution in [1.82, 2.24) is 0 Å². The second-order valence-electron chi connectivity index (χ2n) is 4.94. The Labute approximate surface area is 112 Å². The van der Waals surface area contributed by atoms with E-state index in [1.807, 2.05) is 0 Å². The van der Waals surface area contributed by atoms with Crippen LogP contribution in [0.4, 0.5) is 10.1 Å². The van der Waals surface area contributed by atoms with Crippen LogP contribution in [0.1, 0.15) is 25.7 Å². The number of rotatable bonds is 5. The molecule has 1 aliphatic rings. The zero-order valence-corrected chi connectivity index (χ0v) is 10.8. The van der Waals surface area contributed by atoms with Gasteiger partial charge in [0, 0.05) is 12.2 Å². The molecule has 4 nitrogen and oxygen atoms in total. The minimum absolute atomic E-state index is 0.0193. The van der Waals surface area contributed by atoms with Crippen LogP contribution in [0, 0.1) is 5.82 Å². The predicted octanol–water partition coefficient (Wildman–Crippen LogP) is 2.05. The van der Waals surface area contributed by atoms with Gasteiger partial charge in [-0.3, -0.25) is 4.79 Å². The summed E-state index contributed by atoms with van der Waals surface area (Å²) in [6.07, 6.45) is 4.01. The highest BCUT2D eigenvalue weighted by molar-refractivity contribution is 5.91. The number of hydrogen-bond donors (Lipinski definition) is 2. The van der Waals surface area contributed by atoms with Crippen molar-refractivity contribution in [1.29, 1.82) is 0 Å². The lowest BCUT2D eigenvalue weighted by molar-refractivity contribution is -0.127. The summed E-state index contributed by atoms with van der Waals surface area (Å²) in [4.78, 5) is 11.7. The number of benzene rings is 1. The molecule has 1 aromatic carbocycles. The number of carbonyl (C=O) groups excluding carboxylic acids is 1. The van der Waals surface area contributed by atoms with Crippen molar-refractivity contribution in [2.75, 3.05) is 18.5 Å². The highest BCUT2D eigenvalue weighted by Crippen LogP contribution is 2.32. The molecule has 0 unspecified atom stereocenters. The summed E-state index contributed by atoms with van der Waals surface area (Å²) in [6, 6.07) is 5.63. The third-order valence-electron chi connectivity index (χ3n) is 3.52. The first-order valence-electron chi connectivity index (χ1n) is 6.53. The van der Waals surface area contributed by atoms with E-state index in [9.17, 15) is 9.18 Å². The van der Waals surface area contributed by atoms with Gasteiger partial charge in [0.1, 0.15) is 12.4 Å². The molecular formula is C14H19FN2O2. The number of nitrogens with two attached hydrogens (primary N) is 1. The van der Waals surface area contributed by atoms with E-state index in [0.717, 1.165) is 25.7 Å². The fourth-order valence-electron chi connectivity index (χ4n) is 2.38. The van der Waals surface area contributed by atoms with Crippen molar-refractivity contribution < 1.29 is 13.9 Å². The van der Waals surface area contributed by atoms with Crippen molar-refractivity contribution >= 4 is 11.6 Å². The fraction of sp³-hybridized carbons (Fsp3) is 0.500. The maximum atomic E-state index is 12.7. The third kappa shape index (κ3) is 3.75. The first-order valence-corrected chi connectivity index (χ1v) is 6.53. The Morgan fingerprint density at radius 2 is 1.95 bits per heavy atom. The molecule has 1 aromatic rings. The average Bonchev–Trinajstić information content (AvgIpc) is 2.89. The van der Waals surface area contributed by atoms with Gasteiger partial charge in [0.25, 0.3) is 0 Å². The molecule has 1 saturated carbocycles. The summed E-state index contributed by atoms with van der Waals surface area (Å²) >= 11 is 0. The summed E-state index contributed by atoms with van der Waals surface area (Å²) in [5.41, 5.74) is 5.95. The van der Waals surface area contributed by atoms with Crippen LogP contribution in [0.25, 0.3) is 0 Å². The standard InChI is InChI=1S/C14H19FN2O2/c15-11-3-5-12(6-4-11)17-13(18)9-19-14(10-16)7-1-2-8-14/h3-6H,1-2,7-10,16H2,(H,17,18). The Morgan fingerprint density at radius 1 is 1.32 bits per heavy atom. The Morgan fingerprint density at radius 3 is 2.53 bits per heavy atom. The van der Waals surface area contributed by atoms with E-state index in [4.69, 9.17) is 10.5 Å². The minimum atomic E-state index is -0.333. The molecule has 0 saturated heterocycles. The monoisotopic (exact) mass is 266 g/mol. The van der Waals surface area contributed by atoms with Gasteiger partial charge in [0.15, 0.2) is 0 Å². The van der Waals surface area contributed by atoms with Crippen LogP contribution in [-0.2, 0) is 9.53 Å². The number of nitrogens with one attached hydrogen (secondary N) is 1. The van der Waals surface area contributed by atoms with Crippen molar-refractivity contribution in [2.45, 2.75) is 31.3 Å². The lowest BCUT2D eigenvalue weighted by atomic mass is 10.0. The van der Waals surface area contributed by atoms with Crippen molar-refractivity contribution in [2.24, 2.45) is 5.73 Å². The normalized spacial score (nSPS) is 17.4. The van der Waals surface area contributed by atoms with E-state index in [1.165, 1.54) is 24.3 Å². The highest BCUT2D eigenvalue weighted by atomic mass is 19.1. The fourth-order valence-corrected chi connectivity index (χ4v) is 2.38. The van der Waals surface area contributed by atoms with Gasteiger partial charge in [-0.15, -0.1) is 0 Å². The molecule has 19 heavy (non-hydrogen) atoms. The van der Waals surface area contributed by atoms with E-state index in [2.05, 4.69) is 5.32 Å². The molecular weight excluding hydrogens is 247 g/mol. The van der Waals surface area contributed by atoms with Gasteiger partial charge in [-0.2, -0.15) is 0 Å². The molecule has 0 bridgehead atoms. The summed E-state index contributed by atoms with van der Waals surface area (Å²) < 4.78 is 18.4. The van der Waals surface area contributed by atoms with E-state index >= 15 is 0 Å². The largest absolute Gasteiger partial charge is 0.364 e. The summed E-state index contributed by atoms with van der Waals surface area (Å²) in [7, 11) is 0. The van der Waals surface area contributed by atoms with E-state index < -0.39 is 0 Å². The number of anilines is 1. The molecule has 0 atom stereocenters. The Hall–Kier alpha value is -1.46. The summed E-state index contributed by atoms with van der Waals surface area (Å²) in [6.45, 7) is 0.422. The molecule has 0 radical (unpaired) electrons. The van der Waals surface area contributed by atoms with Crippen LogP contribution in [0.15, 0.2) is 24.3 Å². The lowest BCUT2D eigenvalue weighted by Gasteiger charge is -2.27. The highest BCUT2D eigenvalue weighted by Gasteiger charge is 2.33. The van der Waals surface area contributed by atoms with Crippen LogP contribution in [0.2, 0.25) is 0 Å². The zero-order chi connectivity index (χ0) is 13.7. The van der Waals surface area contributed by atoms with Gasteiger partial charge in [-0.05, 0) is 37.1 Å². The summed E-state index contributed by atoms with van der Waals surface area (Å²) in [5, 5.41) is 2.66. The molecule has 104 valence electrons. The van der Waals surface area contributed by atoms with Crippen LogP contribution >= 0.6 is 0 Å². The smallest absolute Gasteiger partial charge is 0.250 e. The molecule has 0 heterocycles. The van der Waals surface area contributed by atoms with Crippen molar-refractivity contribution in [3.8, 4) is 0 Å². The predicted molar refractivity (Wildman–Crippen MR) is 71.2 cm³/mol. The Kier molecular flexibility index (Phi) is 4.50. The van der Waals surface area contributed by atoms with Gasteiger partial charge < -0.3 is 15.8 Å². The zero-order valence-electron chi connectivity index (χ0n) is 10.8. The number of halogens is 1. The number of hydrogen-bond acceptors (Lipinski definition) is 3. The molecule has 1 aliphatic carbocycles. The SMILES string of the molecule is NCC1(OCC(=O)Nc2ccc(F)cc2)CCCC1. The van der Waals surface area contributed by atoms with Gasteiger partial charge in [-0.1, -0.05) is 12.8 Å². The Balaban J connectivity index is 1.82. The molecule has 3 N–H and O–H groups in total. The van der Waals surface area contributed by atoms with E-state index in [-0.39, 0.29) is 23.9 Å². The van der Waals surface area contributed by atoms with Gasteiger partial charge in [0.05, 0.1) is 5.60 Å². The average molecular weight is 266 g/mol.